The van der Waals surface area contributed by atoms with Crippen LogP contribution in [0.3, 0.4) is 0 Å². The highest BCUT2D eigenvalue weighted by molar-refractivity contribution is 5.95. The molecule has 1 amide bonds. The smallest absolute Gasteiger partial charge is 0.323 e. The van der Waals surface area contributed by atoms with Gasteiger partial charge in [0.1, 0.15) is 23.9 Å². The number of nitrogens with one attached hydrogen (secondary N) is 1. The number of furan rings is 1. The molecular formula is C17H23N3O4. The van der Waals surface area contributed by atoms with Crippen LogP contribution in [0.5, 0.6) is 0 Å². The number of hydrogen-bond donors (Lipinski definition) is 2. The summed E-state index contributed by atoms with van der Waals surface area (Å²) in [7, 11) is 0. The second-order valence-electron chi connectivity index (χ2n) is 6.28. The second kappa shape index (κ2) is 7.33. The van der Waals surface area contributed by atoms with Crippen molar-refractivity contribution in [3.63, 3.8) is 0 Å². The van der Waals surface area contributed by atoms with Crippen LogP contribution < -0.4 is 5.32 Å². The molecule has 0 radical (unpaired) electrons. The first-order valence-corrected chi connectivity index (χ1v) is 7.93. The molecule has 0 saturated heterocycles. The lowest BCUT2D eigenvalue weighted by molar-refractivity contribution is -0.137. The topological polar surface area (TPSA) is 97.4 Å². The molecule has 0 aliphatic carbocycles. The lowest BCUT2D eigenvalue weighted by Gasteiger charge is -2.08. The van der Waals surface area contributed by atoms with Crippen molar-refractivity contribution in [2.75, 3.05) is 0 Å². The first-order valence-electron chi connectivity index (χ1n) is 7.93. The number of rotatable bonds is 7. The fourth-order valence-corrected chi connectivity index (χ4v) is 2.37. The van der Waals surface area contributed by atoms with Gasteiger partial charge in [-0.1, -0.05) is 27.7 Å². The van der Waals surface area contributed by atoms with Crippen molar-refractivity contribution in [2.45, 2.75) is 52.6 Å². The van der Waals surface area contributed by atoms with Crippen LogP contribution in [-0.2, 0) is 17.9 Å². The predicted molar refractivity (Wildman–Crippen MR) is 87.9 cm³/mol. The maximum atomic E-state index is 12.5. The standard InChI is InChI=1S/C17H23N3O4/c1-10(2)13-7-12(16(24-13)11(3)4)17(23)19-8-14-18-5-6-20(14)9-15(21)22/h5-7,10-11H,8-9H2,1-4H3,(H,19,23)(H,21,22). The largest absolute Gasteiger partial charge is 0.480 e. The third-order valence-electron chi connectivity index (χ3n) is 3.63. The minimum Gasteiger partial charge on any atom is -0.480 e. The maximum absolute atomic E-state index is 12.5. The number of hydrogen-bond acceptors (Lipinski definition) is 4. The van der Waals surface area contributed by atoms with Crippen molar-refractivity contribution in [2.24, 2.45) is 0 Å². The van der Waals surface area contributed by atoms with Gasteiger partial charge in [0, 0.05) is 24.2 Å². The van der Waals surface area contributed by atoms with Crippen LogP contribution in [0, 0.1) is 0 Å². The van der Waals surface area contributed by atoms with Crippen LogP contribution in [0.25, 0.3) is 0 Å². The van der Waals surface area contributed by atoms with Crippen LogP contribution in [-0.4, -0.2) is 26.5 Å². The molecule has 24 heavy (non-hydrogen) atoms. The molecule has 0 bridgehead atoms. The summed E-state index contributed by atoms with van der Waals surface area (Å²) in [6.07, 6.45) is 3.09. The molecule has 0 aromatic carbocycles. The normalized spacial score (nSPS) is 11.2. The van der Waals surface area contributed by atoms with Crippen LogP contribution in [0.4, 0.5) is 0 Å². The average molecular weight is 333 g/mol. The zero-order chi connectivity index (χ0) is 17.9. The molecule has 2 aromatic heterocycles. The van der Waals surface area contributed by atoms with E-state index in [0.29, 0.717) is 17.1 Å². The highest BCUT2D eigenvalue weighted by Gasteiger charge is 2.21. The Balaban J connectivity index is 2.13. The van der Waals surface area contributed by atoms with E-state index in [1.165, 1.54) is 10.8 Å². The zero-order valence-electron chi connectivity index (χ0n) is 14.4. The molecule has 2 rings (SSSR count). The minimum atomic E-state index is -0.959. The Morgan fingerprint density at radius 2 is 2.00 bits per heavy atom. The van der Waals surface area contributed by atoms with E-state index in [2.05, 4.69) is 10.3 Å². The van der Waals surface area contributed by atoms with Gasteiger partial charge in [-0.05, 0) is 6.07 Å². The summed E-state index contributed by atoms with van der Waals surface area (Å²) < 4.78 is 7.30. The molecule has 2 N–H and O–H groups in total. The number of carbonyl (C=O) groups is 2. The van der Waals surface area contributed by atoms with Gasteiger partial charge in [0.2, 0.25) is 0 Å². The van der Waals surface area contributed by atoms with Crippen molar-refractivity contribution in [3.05, 3.63) is 41.4 Å². The molecule has 0 atom stereocenters. The number of carbonyl (C=O) groups excluding carboxylic acids is 1. The molecule has 0 spiro atoms. The van der Waals surface area contributed by atoms with E-state index in [1.807, 2.05) is 27.7 Å². The molecule has 0 saturated carbocycles. The molecule has 0 unspecified atom stereocenters. The number of imidazole rings is 1. The maximum Gasteiger partial charge on any atom is 0.323 e. The third-order valence-corrected chi connectivity index (χ3v) is 3.63. The number of carboxylic acids is 1. The van der Waals surface area contributed by atoms with Crippen molar-refractivity contribution in [1.29, 1.82) is 0 Å². The molecule has 7 heteroatoms. The van der Waals surface area contributed by atoms with Gasteiger partial charge in [-0.25, -0.2) is 4.98 Å². The summed E-state index contributed by atoms with van der Waals surface area (Å²) in [5.41, 5.74) is 0.519. The third kappa shape index (κ3) is 4.04. The first-order chi connectivity index (χ1) is 11.3. The van der Waals surface area contributed by atoms with Gasteiger partial charge in [-0.2, -0.15) is 0 Å². The number of nitrogens with zero attached hydrogens (tertiary/aromatic N) is 2. The van der Waals surface area contributed by atoms with E-state index in [4.69, 9.17) is 9.52 Å². The molecule has 130 valence electrons. The summed E-state index contributed by atoms with van der Waals surface area (Å²) in [4.78, 5) is 27.4. The van der Waals surface area contributed by atoms with Gasteiger partial charge in [-0.3, -0.25) is 9.59 Å². The summed E-state index contributed by atoms with van der Waals surface area (Å²) in [6, 6.07) is 1.78. The monoisotopic (exact) mass is 333 g/mol. The Kier molecular flexibility index (Phi) is 5.43. The van der Waals surface area contributed by atoms with Gasteiger partial charge < -0.3 is 19.4 Å². The van der Waals surface area contributed by atoms with E-state index in [0.717, 1.165) is 5.76 Å². The van der Waals surface area contributed by atoms with Crippen molar-refractivity contribution >= 4 is 11.9 Å². The van der Waals surface area contributed by atoms with E-state index < -0.39 is 5.97 Å². The zero-order valence-corrected chi connectivity index (χ0v) is 14.4. The second-order valence-corrected chi connectivity index (χ2v) is 6.28. The Hall–Kier alpha value is -2.57. The molecule has 0 fully saturated rings. The van der Waals surface area contributed by atoms with Crippen LogP contribution in [0.15, 0.2) is 22.9 Å². The Labute approximate surface area is 140 Å². The number of aliphatic carboxylic acids is 1. The molecular weight excluding hydrogens is 310 g/mol. The van der Waals surface area contributed by atoms with E-state index in [9.17, 15) is 9.59 Å². The molecule has 2 aromatic rings. The van der Waals surface area contributed by atoms with Gasteiger partial charge in [-0.15, -0.1) is 0 Å². The highest BCUT2D eigenvalue weighted by atomic mass is 16.4. The number of carboxylic acid groups (broad SMARTS) is 1. The summed E-state index contributed by atoms with van der Waals surface area (Å²) in [6.45, 7) is 7.92. The summed E-state index contributed by atoms with van der Waals surface area (Å²) in [5.74, 6) is 0.995. The number of aromatic nitrogens is 2. The average Bonchev–Trinajstić information content (AvgIpc) is 3.10. The molecule has 2 heterocycles. The summed E-state index contributed by atoms with van der Waals surface area (Å²) >= 11 is 0. The van der Waals surface area contributed by atoms with Crippen LogP contribution in [0.2, 0.25) is 0 Å². The molecule has 0 aliphatic heterocycles. The quantitative estimate of drug-likeness (QED) is 0.812. The van der Waals surface area contributed by atoms with Crippen molar-refractivity contribution < 1.29 is 19.1 Å². The molecule has 0 aliphatic rings. The fraction of sp³-hybridized carbons (Fsp3) is 0.471. The minimum absolute atomic E-state index is 0.0900. The van der Waals surface area contributed by atoms with Gasteiger partial charge in [0.05, 0.1) is 12.1 Å². The lowest BCUT2D eigenvalue weighted by atomic mass is 10.1. The van der Waals surface area contributed by atoms with Gasteiger partial charge in [0.15, 0.2) is 0 Å². The van der Waals surface area contributed by atoms with Gasteiger partial charge in [0.25, 0.3) is 5.91 Å². The Morgan fingerprint density at radius 1 is 1.29 bits per heavy atom. The van der Waals surface area contributed by atoms with E-state index in [-0.39, 0.29) is 30.8 Å². The first kappa shape index (κ1) is 17.8. The Morgan fingerprint density at radius 3 is 2.58 bits per heavy atom. The SMILES string of the molecule is CC(C)c1cc(C(=O)NCc2nccn2CC(=O)O)c(C(C)C)o1. The molecule has 7 nitrogen and oxygen atoms in total. The highest BCUT2D eigenvalue weighted by Crippen LogP contribution is 2.27. The summed E-state index contributed by atoms with van der Waals surface area (Å²) in [5, 5.41) is 11.7. The predicted octanol–water partition coefficient (Wildman–Crippen LogP) is 2.74. The van der Waals surface area contributed by atoms with Gasteiger partial charge >= 0.3 is 5.97 Å². The number of amides is 1. The van der Waals surface area contributed by atoms with E-state index in [1.54, 1.807) is 12.3 Å². The fourth-order valence-electron chi connectivity index (χ4n) is 2.37. The van der Waals surface area contributed by atoms with E-state index >= 15 is 0 Å². The van der Waals surface area contributed by atoms with Crippen molar-refractivity contribution in [1.82, 2.24) is 14.9 Å². The van der Waals surface area contributed by atoms with Crippen LogP contribution in [0.1, 0.15) is 67.2 Å². The lowest BCUT2D eigenvalue weighted by Crippen LogP contribution is -2.26. The van der Waals surface area contributed by atoms with Crippen LogP contribution >= 0.6 is 0 Å². The Bertz CT molecular complexity index is 728. The van der Waals surface area contributed by atoms with Crippen molar-refractivity contribution in [3.8, 4) is 0 Å².